The Morgan fingerprint density at radius 1 is 1.06 bits per heavy atom. The van der Waals surface area contributed by atoms with E-state index in [1.165, 1.54) is 45.2 Å². The lowest BCUT2D eigenvalue weighted by Crippen LogP contribution is -2.62. The lowest BCUT2D eigenvalue weighted by atomic mass is 9.84. The van der Waals surface area contributed by atoms with Gasteiger partial charge in [-0.25, -0.2) is 4.98 Å². The molecule has 0 unspecified atom stereocenters. The van der Waals surface area contributed by atoms with Crippen LogP contribution in [0, 0.1) is 0 Å². The summed E-state index contributed by atoms with van der Waals surface area (Å²) in [4.78, 5) is 14.2. The highest BCUT2D eigenvalue weighted by atomic mass is 127. The Morgan fingerprint density at radius 2 is 1.78 bits per heavy atom. The lowest BCUT2D eigenvalue weighted by Gasteiger charge is -2.50. The molecule has 0 amide bonds. The molecule has 0 saturated carbocycles. The highest BCUT2D eigenvalue weighted by molar-refractivity contribution is 14.0. The molecule has 0 spiro atoms. The van der Waals surface area contributed by atoms with Gasteiger partial charge in [0.15, 0.2) is 5.96 Å². The topological polar surface area (TPSA) is 68.9 Å². The maximum Gasteiger partial charge on any atom is 0.226 e. The third kappa shape index (κ3) is 6.23. The fraction of sp³-hybridized carbons (Fsp3) is 0.583. The molecule has 1 aromatic heterocycles. The van der Waals surface area contributed by atoms with Gasteiger partial charge >= 0.3 is 0 Å². The number of hydrogen-bond acceptors (Lipinski definition) is 5. The quantitative estimate of drug-likeness (QED) is 0.325. The van der Waals surface area contributed by atoms with E-state index in [1.807, 2.05) is 37.4 Å². The van der Waals surface area contributed by atoms with E-state index in [0.717, 1.165) is 36.9 Å². The molecule has 0 atom stereocenters. The summed E-state index contributed by atoms with van der Waals surface area (Å²) >= 11 is 0. The summed E-state index contributed by atoms with van der Waals surface area (Å²) in [6.45, 7) is 6.26. The standard InChI is InChI=1S/C24H36N6O.HI/c1-25-23(26-17-21-18-31-22(28-21)20-9-5-3-6-10-20)27-19-24(11-15-29(2)16-12-24)30-13-7-4-8-14-30;/h3,5-6,9-10,18H,4,7-8,11-17,19H2,1-2H3,(H2,25,26,27);1H. The third-order valence-corrected chi connectivity index (χ3v) is 6.76. The van der Waals surface area contributed by atoms with E-state index in [9.17, 15) is 0 Å². The van der Waals surface area contributed by atoms with Crippen LogP contribution in [-0.4, -0.2) is 73.1 Å². The van der Waals surface area contributed by atoms with Gasteiger partial charge in [0.25, 0.3) is 0 Å². The van der Waals surface area contributed by atoms with Gasteiger partial charge in [-0.3, -0.25) is 9.89 Å². The van der Waals surface area contributed by atoms with Crippen LogP contribution in [-0.2, 0) is 6.54 Å². The zero-order valence-corrected chi connectivity index (χ0v) is 21.7. The monoisotopic (exact) mass is 552 g/mol. The molecule has 0 aliphatic carbocycles. The van der Waals surface area contributed by atoms with Gasteiger partial charge in [-0.05, 0) is 71.0 Å². The Morgan fingerprint density at radius 3 is 2.47 bits per heavy atom. The number of likely N-dealkylation sites (tertiary alicyclic amines) is 2. The predicted octanol–water partition coefficient (Wildman–Crippen LogP) is 3.57. The molecule has 1 aromatic carbocycles. The van der Waals surface area contributed by atoms with Crippen molar-refractivity contribution in [3.63, 3.8) is 0 Å². The fourth-order valence-electron chi connectivity index (χ4n) is 4.75. The summed E-state index contributed by atoms with van der Waals surface area (Å²) < 4.78 is 5.65. The summed E-state index contributed by atoms with van der Waals surface area (Å²) in [7, 11) is 4.06. The van der Waals surface area contributed by atoms with E-state index in [1.54, 1.807) is 6.26 Å². The van der Waals surface area contributed by atoms with Crippen LogP contribution in [0.15, 0.2) is 46.0 Å². The number of hydrogen-bond donors (Lipinski definition) is 2. The van der Waals surface area contributed by atoms with Crippen molar-refractivity contribution < 1.29 is 4.42 Å². The molecule has 2 aliphatic heterocycles. The first-order valence-electron chi connectivity index (χ1n) is 11.6. The SMILES string of the molecule is CN=C(NCc1coc(-c2ccccc2)n1)NCC1(N2CCCCC2)CCN(C)CC1.I. The van der Waals surface area contributed by atoms with Crippen molar-refractivity contribution in [3.8, 4) is 11.5 Å². The van der Waals surface area contributed by atoms with Gasteiger partial charge in [-0.15, -0.1) is 24.0 Å². The number of benzene rings is 1. The minimum absolute atomic E-state index is 0. The van der Waals surface area contributed by atoms with Gasteiger partial charge < -0.3 is 20.0 Å². The average molecular weight is 553 g/mol. The second kappa shape index (κ2) is 12.0. The Kier molecular flexibility index (Phi) is 9.36. The summed E-state index contributed by atoms with van der Waals surface area (Å²) in [6, 6.07) is 9.98. The summed E-state index contributed by atoms with van der Waals surface area (Å²) in [5, 5.41) is 7.03. The van der Waals surface area contributed by atoms with Gasteiger partial charge in [-0.2, -0.15) is 0 Å². The Labute approximate surface area is 209 Å². The van der Waals surface area contributed by atoms with E-state index in [2.05, 4.69) is 37.5 Å². The normalized spacial score (nSPS) is 19.9. The molecule has 2 N–H and O–H groups in total. The van der Waals surface area contributed by atoms with Crippen LogP contribution in [0.3, 0.4) is 0 Å². The molecule has 4 rings (SSSR count). The maximum atomic E-state index is 5.65. The van der Waals surface area contributed by atoms with Gasteiger partial charge in [0.2, 0.25) is 5.89 Å². The number of piperidine rings is 2. The zero-order valence-electron chi connectivity index (χ0n) is 19.3. The second-order valence-electron chi connectivity index (χ2n) is 8.86. The first-order chi connectivity index (χ1) is 15.2. The lowest BCUT2D eigenvalue weighted by molar-refractivity contribution is 0.0173. The summed E-state index contributed by atoms with van der Waals surface area (Å²) in [6.07, 6.45) is 8.13. The molecule has 2 aliphatic rings. The number of nitrogens with one attached hydrogen (secondary N) is 2. The van der Waals surface area contributed by atoms with Crippen molar-refractivity contribution in [3.05, 3.63) is 42.3 Å². The summed E-state index contributed by atoms with van der Waals surface area (Å²) in [5.41, 5.74) is 2.08. The van der Waals surface area contributed by atoms with Crippen molar-refractivity contribution in [2.75, 3.05) is 46.8 Å². The van der Waals surface area contributed by atoms with E-state index in [0.29, 0.717) is 12.4 Å². The molecule has 0 radical (unpaired) electrons. The van der Waals surface area contributed by atoms with Gasteiger partial charge in [-0.1, -0.05) is 24.6 Å². The first-order valence-corrected chi connectivity index (χ1v) is 11.6. The molecule has 176 valence electrons. The van der Waals surface area contributed by atoms with E-state index in [-0.39, 0.29) is 29.5 Å². The van der Waals surface area contributed by atoms with E-state index < -0.39 is 0 Å². The number of rotatable bonds is 6. The van der Waals surface area contributed by atoms with E-state index in [4.69, 9.17) is 4.42 Å². The number of aliphatic imine (C=N–C) groups is 1. The minimum Gasteiger partial charge on any atom is -0.444 e. The number of halogens is 1. The molecule has 2 saturated heterocycles. The Hall–Kier alpha value is -1.65. The molecule has 7 nitrogen and oxygen atoms in total. The van der Waals surface area contributed by atoms with Gasteiger partial charge in [0.05, 0.1) is 12.2 Å². The number of aromatic nitrogens is 1. The first kappa shape index (κ1) is 25.0. The highest BCUT2D eigenvalue weighted by Crippen LogP contribution is 2.30. The van der Waals surface area contributed by atoms with Crippen molar-refractivity contribution in [2.45, 2.75) is 44.2 Å². The maximum absolute atomic E-state index is 5.65. The van der Waals surface area contributed by atoms with Crippen LogP contribution in [0.25, 0.3) is 11.5 Å². The molecule has 2 fully saturated rings. The minimum atomic E-state index is 0. The Balaban J connectivity index is 0.00000289. The van der Waals surface area contributed by atoms with E-state index >= 15 is 0 Å². The molecule has 3 heterocycles. The van der Waals surface area contributed by atoms with Crippen LogP contribution >= 0.6 is 24.0 Å². The van der Waals surface area contributed by atoms with Crippen LogP contribution in [0.2, 0.25) is 0 Å². The molecule has 32 heavy (non-hydrogen) atoms. The number of oxazole rings is 1. The van der Waals surface area contributed by atoms with Crippen LogP contribution < -0.4 is 10.6 Å². The van der Waals surface area contributed by atoms with Crippen LogP contribution in [0.4, 0.5) is 0 Å². The van der Waals surface area contributed by atoms with Crippen molar-refractivity contribution in [2.24, 2.45) is 4.99 Å². The van der Waals surface area contributed by atoms with Crippen molar-refractivity contribution in [1.82, 2.24) is 25.4 Å². The highest BCUT2D eigenvalue weighted by Gasteiger charge is 2.39. The second-order valence-corrected chi connectivity index (χ2v) is 8.86. The van der Waals surface area contributed by atoms with Crippen molar-refractivity contribution in [1.29, 1.82) is 0 Å². The van der Waals surface area contributed by atoms with Gasteiger partial charge in [0, 0.05) is 24.7 Å². The van der Waals surface area contributed by atoms with Crippen LogP contribution in [0.5, 0.6) is 0 Å². The number of guanidine groups is 1. The molecule has 2 aromatic rings. The number of nitrogens with zero attached hydrogens (tertiary/aromatic N) is 4. The summed E-state index contributed by atoms with van der Waals surface area (Å²) in [5.74, 6) is 1.47. The molecule has 0 bridgehead atoms. The fourth-order valence-corrected chi connectivity index (χ4v) is 4.75. The third-order valence-electron chi connectivity index (χ3n) is 6.76. The van der Waals surface area contributed by atoms with Crippen LogP contribution in [0.1, 0.15) is 37.8 Å². The average Bonchev–Trinajstić information content (AvgIpc) is 3.31. The van der Waals surface area contributed by atoms with Crippen molar-refractivity contribution >= 4 is 29.9 Å². The Bertz CT molecular complexity index is 841. The largest absolute Gasteiger partial charge is 0.444 e. The molecule has 8 heteroatoms. The molecular formula is C24H37IN6O. The predicted molar refractivity (Wildman–Crippen MR) is 140 cm³/mol. The van der Waals surface area contributed by atoms with Gasteiger partial charge in [0.1, 0.15) is 6.26 Å². The zero-order chi connectivity index (χ0) is 21.5. The smallest absolute Gasteiger partial charge is 0.226 e. The molecular weight excluding hydrogens is 515 g/mol.